The molecule has 1 aromatic carbocycles. The second-order valence-electron chi connectivity index (χ2n) is 7.31. The second-order valence-corrected chi connectivity index (χ2v) is 7.31. The largest absolute Gasteiger partial charge is 0.332 e. The SMILES string of the molecule is CCc1ccc2nc(C)cc(C(=O)N3CCCC[C@@H]3c3cccnc3)c2c1. The molecule has 138 valence electrons. The fraction of sp³-hybridized carbons (Fsp3) is 0.348. The molecule has 1 aliphatic heterocycles. The first kappa shape index (κ1) is 17.7. The number of likely N-dealkylation sites (tertiary alicyclic amines) is 1. The minimum absolute atomic E-state index is 0.0952. The summed E-state index contributed by atoms with van der Waals surface area (Å²) in [4.78, 5) is 24.6. The maximum atomic E-state index is 13.6. The van der Waals surface area contributed by atoms with E-state index in [1.165, 1.54) is 5.56 Å². The van der Waals surface area contributed by atoms with Crippen LogP contribution in [0.25, 0.3) is 10.9 Å². The number of carbonyl (C=O) groups is 1. The van der Waals surface area contributed by atoms with Crippen LogP contribution in [0.5, 0.6) is 0 Å². The van der Waals surface area contributed by atoms with Crippen LogP contribution in [0.15, 0.2) is 48.8 Å². The molecule has 3 aromatic rings. The van der Waals surface area contributed by atoms with Crippen LogP contribution in [0.4, 0.5) is 0 Å². The normalized spacial score (nSPS) is 17.3. The molecule has 1 saturated heterocycles. The molecule has 4 rings (SSSR count). The monoisotopic (exact) mass is 359 g/mol. The van der Waals surface area contributed by atoms with E-state index in [0.29, 0.717) is 0 Å². The Bertz CT molecular complexity index is 968. The Morgan fingerprint density at radius 1 is 1.22 bits per heavy atom. The summed E-state index contributed by atoms with van der Waals surface area (Å²) in [6, 6.07) is 12.3. The van der Waals surface area contributed by atoms with Crippen molar-refractivity contribution in [3.8, 4) is 0 Å². The Hall–Kier alpha value is -2.75. The first-order valence-corrected chi connectivity index (χ1v) is 9.78. The highest BCUT2D eigenvalue weighted by molar-refractivity contribution is 6.06. The molecule has 4 nitrogen and oxygen atoms in total. The van der Waals surface area contributed by atoms with Crippen molar-refractivity contribution in [3.63, 3.8) is 0 Å². The third-order valence-electron chi connectivity index (χ3n) is 5.47. The van der Waals surface area contributed by atoms with Gasteiger partial charge in [-0.3, -0.25) is 14.8 Å². The lowest BCUT2D eigenvalue weighted by Gasteiger charge is -2.36. The number of hydrogen-bond acceptors (Lipinski definition) is 3. The Morgan fingerprint density at radius 3 is 2.89 bits per heavy atom. The number of aromatic nitrogens is 2. The van der Waals surface area contributed by atoms with Crippen LogP contribution in [0.2, 0.25) is 0 Å². The Labute approximate surface area is 160 Å². The molecule has 0 unspecified atom stereocenters. The lowest BCUT2D eigenvalue weighted by Crippen LogP contribution is -2.38. The number of pyridine rings is 2. The van der Waals surface area contributed by atoms with Gasteiger partial charge in [-0.15, -0.1) is 0 Å². The van der Waals surface area contributed by atoms with E-state index < -0.39 is 0 Å². The zero-order valence-corrected chi connectivity index (χ0v) is 16.0. The molecular weight excluding hydrogens is 334 g/mol. The van der Waals surface area contributed by atoms with Crippen molar-refractivity contribution in [2.45, 2.75) is 45.6 Å². The van der Waals surface area contributed by atoms with Crippen LogP contribution >= 0.6 is 0 Å². The number of amides is 1. The van der Waals surface area contributed by atoms with Gasteiger partial charge in [-0.2, -0.15) is 0 Å². The van der Waals surface area contributed by atoms with E-state index in [-0.39, 0.29) is 11.9 Å². The number of fused-ring (bicyclic) bond motifs is 1. The zero-order chi connectivity index (χ0) is 18.8. The molecule has 3 heterocycles. The Kier molecular flexibility index (Phi) is 4.88. The number of nitrogens with zero attached hydrogens (tertiary/aromatic N) is 3. The summed E-state index contributed by atoms with van der Waals surface area (Å²) in [7, 11) is 0. The van der Waals surface area contributed by atoms with E-state index in [0.717, 1.165) is 60.0 Å². The van der Waals surface area contributed by atoms with E-state index in [2.05, 4.69) is 35.1 Å². The van der Waals surface area contributed by atoms with Gasteiger partial charge in [0.05, 0.1) is 17.1 Å². The van der Waals surface area contributed by atoms with Crippen LogP contribution < -0.4 is 0 Å². The van der Waals surface area contributed by atoms with Gasteiger partial charge in [-0.25, -0.2) is 0 Å². The van der Waals surface area contributed by atoms with Gasteiger partial charge in [0.25, 0.3) is 5.91 Å². The summed E-state index contributed by atoms with van der Waals surface area (Å²) in [5.74, 6) is 0.104. The van der Waals surface area contributed by atoms with Gasteiger partial charge < -0.3 is 4.90 Å². The van der Waals surface area contributed by atoms with Crippen LogP contribution in [0.3, 0.4) is 0 Å². The molecule has 2 aromatic heterocycles. The maximum absolute atomic E-state index is 13.6. The average molecular weight is 359 g/mol. The summed E-state index contributed by atoms with van der Waals surface area (Å²) in [6.07, 6.45) is 7.79. The van der Waals surface area contributed by atoms with Gasteiger partial charge in [-0.1, -0.05) is 19.1 Å². The van der Waals surface area contributed by atoms with Gasteiger partial charge in [0.1, 0.15) is 0 Å². The van der Waals surface area contributed by atoms with Crippen molar-refractivity contribution in [1.82, 2.24) is 14.9 Å². The lowest BCUT2D eigenvalue weighted by atomic mass is 9.94. The van der Waals surface area contributed by atoms with E-state index >= 15 is 0 Å². The fourth-order valence-electron chi connectivity index (χ4n) is 4.05. The zero-order valence-electron chi connectivity index (χ0n) is 16.0. The number of hydrogen-bond donors (Lipinski definition) is 0. The summed E-state index contributed by atoms with van der Waals surface area (Å²) >= 11 is 0. The molecule has 4 heteroatoms. The highest BCUT2D eigenvalue weighted by Gasteiger charge is 2.30. The number of rotatable bonds is 3. The van der Waals surface area contributed by atoms with Crippen LogP contribution in [-0.4, -0.2) is 27.3 Å². The van der Waals surface area contributed by atoms with Gasteiger partial charge in [0.15, 0.2) is 0 Å². The minimum Gasteiger partial charge on any atom is -0.332 e. The quantitative estimate of drug-likeness (QED) is 0.670. The van der Waals surface area contributed by atoms with E-state index in [1.54, 1.807) is 6.20 Å². The van der Waals surface area contributed by atoms with Crippen molar-refractivity contribution in [2.75, 3.05) is 6.54 Å². The third-order valence-corrected chi connectivity index (χ3v) is 5.47. The maximum Gasteiger partial charge on any atom is 0.255 e. The van der Waals surface area contributed by atoms with Gasteiger partial charge in [0.2, 0.25) is 0 Å². The number of piperidine rings is 1. The predicted octanol–water partition coefficient (Wildman–Crippen LogP) is 4.87. The average Bonchev–Trinajstić information content (AvgIpc) is 2.73. The van der Waals surface area contributed by atoms with E-state index in [9.17, 15) is 4.79 Å². The van der Waals surface area contributed by atoms with E-state index in [1.807, 2.05) is 36.2 Å². The molecule has 0 radical (unpaired) electrons. The topological polar surface area (TPSA) is 46.1 Å². The Morgan fingerprint density at radius 2 is 2.11 bits per heavy atom. The number of aryl methyl sites for hydroxylation is 2. The Balaban J connectivity index is 1.79. The molecule has 0 aliphatic carbocycles. The van der Waals surface area contributed by atoms with Gasteiger partial charge >= 0.3 is 0 Å². The standard InChI is InChI=1S/C23H25N3O/c1-3-17-9-10-21-19(14-17)20(13-16(2)25-21)23(27)26-12-5-4-8-22(26)18-7-6-11-24-15-18/h6-7,9-11,13-15,22H,3-5,8,12H2,1-2H3/t22-/m1/s1. The molecule has 1 amide bonds. The highest BCUT2D eigenvalue weighted by Crippen LogP contribution is 2.33. The van der Waals surface area contributed by atoms with Crippen LogP contribution in [0, 0.1) is 6.92 Å². The van der Waals surface area contributed by atoms with Crippen molar-refractivity contribution in [1.29, 1.82) is 0 Å². The van der Waals surface area contributed by atoms with Gasteiger partial charge in [-0.05, 0) is 68.0 Å². The van der Waals surface area contributed by atoms with Crippen LogP contribution in [0.1, 0.15) is 59.4 Å². The molecular formula is C23H25N3O. The summed E-state index contributed by atoms with van der Waals surface area (Å²) in [6.45, 7) is 4.88. The van der Waals surface area contributed by atoms with Crippen LogP contribution in [-0.2, 0) is 6.42 Å². The first-order valence-electron chi connectivity index (χ1n) is 9.78. The predicted molar refractivity (Wildman–Crippen MR) is 108 cm³/mol. The number of carbonyl (C=O) groups excluding carboxylic acids is 1. The molecule has 1 aliphatic rings. The van der Waals surface area contributed by atoms with E-state index in [4.69, 9.17) is 0 Å². The molecule has 27 heavy (non-hydrogen) atoms. The summed E-state index contributed by atoms with van der Waals surface area (Å²) in [5.41, 5.74) is 4.89. The second kappa shape index (κ2) is 7.47. The molecule has 0 saturated carbocycles. The van der Waals surface area contributed by atoms with Crippen molar-refractivity contribution < 1.29 is 4.79 Å². The number of benzene rings is 1. The van der Waals surface area contributed by atoms with Gasteiger partial charge in [0, 0.05) is 30.0 Å². The van der Waals surface area contributed by atoms with Crippen molar-refractivity contribution in [2.24, 2.45) is 0 Å². The first-order chi connectivity index (χ1) is 13.2. The molecule has 0 spiro atoms. The molecule has 0 bridgehead atoms. The lowest BCUT2D eigenvalue weighted by molar-refractivity contribution is 0.0613. The summed E-state index contributed by atoms with van der Waals surface area (Å²) < 4.78 is 0. The third kappa shape index (κ3) is 3.44. The molecule has 0 N–H and O–H groups in total. The molecule has 1 atom stereocenters. The fourth-order valence-corrected chi connectivity index (χ4v) is 4.05. The molecule has 1 fully saturated rings. The van der Waals surface area contributed by atoms with Crippen molar-refractivity contribution in [3.05, 3.63) is 71.2 Å². The summed E-state index contributed by atoms with van der Waals surface area (Å²) in [5, 5.41) is 0.959. The van der Waals surface area contributed by atoms with Crippen molar-refractivity contribution >= 4 is 16.8 Å². The smallest absolute Gasteiger partial charge is 0.255 e. The minimum atomic E-state index is 0.0952. The highest BCUT2D eigenvalue weighted by atomic mass is 16.2.